The molecule has 1 unspecified atom stereocenters. The molecule has 2 heterocycles. The molecule has 2 rings (SSSR count). The summed E-state index contributed by atoms with van der Waals surface area (Å²) in [7, 11) is 0. The summed E-state index contributed by atoms with van der Waals surface area (Å²) < 4.78 is 1.94. The molecule has 1 fully saturated rings. The fourth-order valence-electron chi connectivity index (χ4n) is 2.11. The number of hydrogen-bond donors (Lipinski definition) is 1. The normalized spacial score (nSPS) is 21.8. The summed E-state index contributed by atoms with van der Waals surface area (Å²) in [6.07, 6.45) is 4.67. The smallest absolute Gasteiger partial charge is 0.151 e. The minimum Gasteiger partial charge on any atom is -0.316 e. The first-order chi connectivity index (χ1) is 7.40. The quantitative estimate of drug-likeness (QED) is 0.790. The highest BCUT2D eigenvalue weighted by Gasteiger charge is 2.16. The Balaban J connectivity index is 1.93. The molecule has 0 aromatic carbocycles. The summed E-state index contributed by atoms with van der Waals surface area (Å²) in [5, 5.41) is 15.3. The Labute approximate surface area is 90.2 Å². The van der Waals surface area contributed by atoms with Gasteiger partial charge in [0.15, 0.2) is 5.82 Å². The Morgan fingerprint density at radius 1 is 1.53 bits per heavy atom. The number of rotatable bonds is 4. The van der Waals surface area contributed by atoms with Crippen molar-refractivity contribution in [3.63, 3.8) is 0 Å². The van der Waals surface area contributed by atoms with Crippen molar-refractivity contribution in [3.05, 3.63) is 5.82 Å². The molecule has 0 aliphatic carbocycles. The topological polar surface area (TPSA) is 55.6 Å². The van der Waals surface area contributed by atoms with Crippen LogP contribution in [-0.4, -0.2) is 33.3 Å². The van der Waals surface area contributed by atoms with Gasteiger partial charge < -0.3 is 5.32 Å². The predicted molar refractivity (Wildman–Crippen MR) is 57.4 cm³/mol. The Bertz CT molecular complexity index is 290. The zero-order valence-electron chi connectivity index (χ0n) is 9.32. The third-order valence-electron chi connectivity index (χ3n) is 2.91. The van der Waals surface area contributed by atoms with E-state index in [-0.39, 0.29) is 0 Å². The van der Waals surface area contributed by atoms with Crippen LogP contribution in [0.15, 0.2) is 0 Å². The van der Waals surface area contributed by atoms with Crippen molar-refractivity contribution < 1.29 is 0 Å². The molecule has 1 saturated heterocycles. The maximum Gasteiger partial charge on any atom is 0.151 e. The van der Waals surface area contributed by atoms with E-state index >= 15 is 0 Å². The van der Waals surface area contributed by atoms with E-state index in [0.29, 0.717) is 5.92 Å². The molecule has 0 spiro atoms. The molecule has 1 aromatic heterocycles. The van der Waals surface area contributed by atoms with Gasteiger partial charge >= 0.3 is 0 Å². The summed E-state index contributed by atoms with van der Waals surface area (Å²) in [5.41, 5.74) is 0. The van der Waals surface area contributed by atoms with Crippen molar-refractivity contribution in [2.45, 2.75) is 39.2 Å². The average molecular weight is 209 g/mol. The molecule has 5 heteroatoms. The van der Waals surface area contributed by atoms with Crippen molar-refractivity contribution in [3.8, 4) is 0 Å². The second-order valence-electron chi connectivity index (χ2n) is 4.23. The first kappa shape index (κ1) is 10.5. The first-order valence-corrected chi connectivity index (χ1v) is 5.86. The van der Waals surface area contributed by atoms with E-state index in [4.69, 9.17) is 0 Å². The van der Waals surface area contributed by atoms with E-state index in [1.807, 2.05) is 4.68 Å². The summed E-state index contributed by atoms with van der Waals surface area (Å²) in [5.74, 6) is 1.76. The van der Waals surface area contributed by atoms with Crippen LogP contribution < -0.4 is 5.32 Å². The van der Waals surface area contributed by atoms with Gasteiger partial charge in [0.05, 0.1) is 0 Å². The highest BCUT2D eigenvalue weighted by Crippen LogP contribution is 2.14. The molecular weight excluding hydrogens is 190 g/mol. The number of piperidine rings is 1. The van der Waals surface area contributed by atoms with Crippen molar-refractivity contribution in [2.24, 2.45) is 5.92 Å². The first-order valence-electron chi connectivity index (χ1n) is 5.86. The van der Waals surface area contributed by atoms with Crippen molar-refractivity contribution >= 4 is 0 Å². The van der Waals surface area contributed by atoms with Gasteiger partial charge in [-0.15, -0.1) is 5.10 Å². The summed E-state index contributed by atoms with van der Waals surface area (Å²) >= 11 is 0. The standard InChI is InChI=1S/C10H19N5/c1-2-6-15-10(12-13-14-15)7-9-4-3-5-11-8-9/h9,11H,2-8H2,1H3. The SMILES string of the molecule is CCCn1nnnc1CC1CCCNC1. The van der Waals surface area contributed by atoms with E-state index < -0.39 is 0 Å². The van der Waals surface area contributed by atoms with Gasteiger partial charge in [0.25, 0.3) is 0 Å². The number of aryl methyl sites for hydroxylation is 1. The van der Waals surface area contributed by atoms with Crippen LogP contribution in [0.3, 0.4) is 0 Å². The van der Waals surface area contributed by atoms with Gasteiger partial charge in [-0.25, -0.2) is 4.68 Å². The number of nitrogens with zero attached hydrogens (tertiary/aromatic N) is 4. The number of hydrogen-bond acceptors (Lipinski definition) is 4. The molecular formula is C10H19N5. The van der Waals surface area contributed by atoms with Gasteiger partial charge in [0.1, 0.15) is 0 Å². The van der Waals surface area contributed by atoms with E-state index in [1.165, 1.54) is 12.8 Å². The van der Waals surface area contributed by atoms with E-state index in [2.05, 4.69) is 27.8 Å². The number of tetrazole rings is 1. The number of nitrogens with one attached hydrogen (secondary N) is 1. The molecule has 1 aromatic rings. The fourth-order valence-corrected chi connectivity index (χ4v) is 2.11. The third kappa shape index (κ3) is 2.75. The zero-order chi connectivity index (χ0) is 10.5. The second-order valence-corrected chi connectivity index (χ2v) is 4.23. The Kier molecular flexibility index (Phi) is 3.66. The minimum atomic E-state index is 0.709. The summed E-state index contributed by atoms with van der Waals surface area (Å²) in [4.78, 5) is 0. The van der Waals surface area contributed by atoms with Crippen molar-refractivity contribution in [1.29, 1.82) is 0 Å². The molecule has 1 aliphatic heterocycles. The Hall–Kier alpha value is -0.970. The molecule has 1 N–H and O–H groups in total. The monoisotopic (exact) mass is 209 g/mol. The molecule has 0 amide bonds. The molecule has 15 heavy (non-hydrogen) atoms. The van der Waals surface area contributed by atoms with E-state index in [9.17, 15) is 0 Å². The van der Waals surface area contributed by atoms with Crippen LogP contribution >= 0.6 is 0 Å². The molecule has 0 bridgehead atoms. The van der Waals surface area contributed by atoms with Gasteiger partial charge in [-0.2, -0.15) is 0 Å². The highest BCUT2D eigenvalue weighted by atomic mass is 15.5. The van der Waals surface area contributed by atoms with E-state index in [1.54, 1.807) is 0 Å². The highest BCUT2D eigenvalue weighted by molar-refractivity contribution is 4.86. The lowest BCUT2D eigenvalue weighted by atomic mass is 9.96. The average Bonchev–Trinajstić information content (AvgIpc) is 2.68. The molecule has 84 valence electrons. The largest absolute Gasteiger partial charge is 0.316 e. The van der Waals surface area contributed by atoms with Crippen LogP contribution in [0.1, 0.15) is 32.0 Å². The van der Waals surface area contributed by atoms with Gasteiger partial charge in [-0.05, 0) is 48.7 Å². The van der Waals surface area contributed by atoms with Crippen LogP contribution in [0.2, 0.25) is 0 Å². The lowest BCUT2D eigenvalue weighted by molar-refractivity contribution is 0.363. The van der Waals surface area contributed by atoms with Crippen molar-refractivity contribution in [1.82, 2.24) is 25.5 Å². The molecule has 0 radical (unpaired) electrons. The van der Waals surface area contributed by atoms with E-state index in [0.717, 1.165) is 38.3 Å². The van der Waals surface area contributed by atoms with Gasteiger partial charge in [0.2, 0.25) is 0 Å². The van der Waals surface area contributed by atoms with Crippen LogP contribution in [0.5, 0.6) is 0 Å². The summed E-state index contributed by atoms with van der Waals surface area (Å²) in [6.45, 7) is 5.35. The Morgan fingerprint density at radius 2 is 2.47 bits per heavy atom. The molecule has 1 aliphatic rings. The maximum atomic E-state index is 4.10. The fraction of sp³-hybridized carbons (Fsp3) is 0.900. The second kappa shape index (κ2) is 5.21. The van der Waals surface area contributed by atoms with Crippen LogP contribution in [0.4, 0.5) is 0 Å². The van der Waals surface area contributed by atoms with Gasteiger partial charge in [0, 0.05) is 13.0 Å². The van der Waals surface area contributed by atoms with Crippen LogP contribution in [0, 0.1) is 5.92 Å². The Morgan fingerprint density at radius 3 is 3.20 bits per heavy atom. The summed E-state index contributed by atoms with van der Waals surface area (Å²) in [6, 6.07) is 0. The maximum absolute atomic E-state index is 4.10. The number of aromatic nitrogens is 4. The molecule has 5 nitrogen and oxygen atoms in total. The third-order valence-corrected chi connectivity index (χ3v) is 2.91. The van der Waals surface area contributed by atoms with Gasteiger partial charge in [-0.3, -0.25) is 0 Å². The molecule has 1 atom stereocenters. The van der Waals surface area contributed by atoms with Crippen molar-refractivity contribution in [2.75, 3.05) is 13.1 Å². The molecule has 0 saturated carbocycles. The van der Waals surface area contributed by atoms with Crippen LogP contribution in [-0.2, 0) is 13.0 Å². The van der Waals surface area contributed by atoms with Crippen LogP contribution in [0.25, 0.3) is 0 Å². The lowest BCUT2D eigenvalue weighted by Crippen LogP contribution is -2.31. The lowest BCUT2D eigenvalue weighted by Gasteiger charge is -2.21. The minimum absolute atomic E-state index is 0.709. The predicted octanol–water partition coefficient (Wildman–Crippen LogP) is 0.625. The zero-order valence-corrected chi connectivity index (χ0v) is 9.32. The van der Waals surface area contributed by atoms with Gasteiger partial charge in [-0.1, -0.05) is 6.92 Å².